The summed E-state index contributed by atoms with van der Waals surface area (Å²) >= 11 is 0. The minimum atomic E-state index is -1.00. The van der Waals surface area contributed by atoms with Gasteiger partial charge in [-0.1, -0.05) is 24.3 Å². The molecule has 1 aromatic heterocycles. The number of halogens is 1. The van der Waals surface area contributed by atoms with E-state index >= 15 is 0 Å². The van der Waals surface area contributed by atoms with Gasteiger partial charge >= 0.3 is 0 Å². The van der Waals surface area contributed by atoms with E-state index in [0.29, 0.717) is 11.3 Å². The first kappa shape index (κ1) is 13.5. The van der Waals surface area contributed by atoms with E-state index in [1.54, 1.807) is 6.07 Å². The number of nitrogens with zero attached hydrogens (tertiary/aromatic N) is 3. The van der Waals surface area contributed by atoms with Crippen LogP contribution in [0.5, 0.6) is 0 Å². The number of rotatable bonds is 3. The molecule has 0 radical (unpaired) electrons. The van der Waals surface area contributed by atoms with Crippen molar-refractivity contribution in [3.8, 4) is 5.69 Å². The summed E-state index contributed by atoms with van der Waals surface area (Å²) in [6.45, 7) is 1.82. The number of hydrogen-bond acceptors (Lipinski definition) is 3. The fourth-order valence-corrected chi connectivity index (χ4v) is 2.15. The average Bonchev–Trinajstić information content (AvgIpc) is 3.00. The highest BCUT2D eigenvalue weighted by atomic mass is 19.1. The highest BCUT2D eigenvalue weighted by Crippen LogP contribution is 2.24. The van der Waals surface area contributed by atoms with Crippen molar-refractivity contribution in [1.82, 2.24) is 15.0 Å². The SMILES string of the molecule is Cc1ccc(F)cc1C(O)c1cnn(-c2ccccc2)n1. The molecule has 1 heterocycles. The van der Waals surface area contributed by atoms with Crippen molar-refractivity contribution in [3.63, 3.8) is 0 Å². The molecule has 5 heteroatoms. The lowest BCUT2D eigenvalue weighted by Gasteiger charge is -2.11. The van der Waals surface area contributed by atoms with Crippen LogP contribution in [0.1, 0.15) is 22.9 Å². The Bertz CT molecular complexity index is 755. The van der Waals surface area contributed by atoms with Gasteiger partial charge in [-0.15, -0.1) is 0 Å². The summed E-state index contributed by atoms with van der Waals surface area (Å²) in [4.78, 5) is 1.44. The van der Waals surface area contributed by atoms with Crippen molar-refractivity contribution < 1.29 is 9.50 Å². The van der Waals surface area contributed by atoms with Gasteiger partial charge in [0.25, 0.3) is 0 Å². The molecule has 0 bridgehead atoms. The van der Waals surface area contributed by atoms with Crippen LogP contribution >= 0.6 is 0 Å². The molecule has 0 saturated heterocycles. The van der Waals surface area contributed by atoms with Gasteiger partial charge in [-0.05, 0) is 42.3 Å². The lowest BCUT2D eigenvalue weighted by Crippen LogP contribution is -2.05. The van der Waals surface area contributed by atoms with Crippen LogP contribution < -0.4 is 0 Å². The van der Waals surface area contributed by atoms with Crippen LogP contribution in [0.25, 0.3) is 5.69 Å². The Labute approximate surface area is 121 Å². The number of aliphatic hydroxyl groups excluding tert-OH is 1. The molecular weight excluding hydrogens is 269 g/mol. The van der Waals surface area contributed by atoms with Gasteiger partial charge in [0.05, 0.1) is 11.9 Å². The minimum absolute atomic E-state index is 0.382. The van der Waals surface area contributed by atoms with E-state index in [1.807, 2.05) is 37.3 Å². The first-order chi connectivity index (χ1) is 10.1. The summed E-state index contributed by atoms with van der Waals surface area (Å²) in [5.74, 6) is -0.384. The normalized spacial score (nSPS) is 12.3. The molecule has 1 N–H and O–H groups in total. The average molecular weight is 283 g/mol. The van der Waals surface area contributed by atoms with Crippen molar-refractivity contribution in [2.75, 3.05) is 0 Å². The number of aliphatic hydroxyl groups is 1. The smallest absolute Gasteiger partial charge is 0.125 e. The molecule has 0 fully saturated rings. The van der Waals surface area contributed by atoms with Crippen molar-refractivity contribution in [3.05, 3.63) is 77.4 Å². The Morgan fingerprint density at radius 3 is 2.67 bits per heavy atom. The van der Waals surface area contributed by atoms with Crippen molar-refractivity contribution in [1.29, 1.82) is 0 Å². The highest BCUT2D eigenvalue weighted by Gasteiger charge is 2.17. The minimum Gasteiger partial charge on any atom is -0.382 e. The highest BCUT2D eigenvalue weighted by molar-refractivity contribution is 5.33. The molecule has 0 saturated carbocycles. The number of benzene rings is 2. The maximum Gasteiger partial charge on any atom is 0.125 e. The maximum atomic E-state index is 13.3. The first-order valence-electron chi connectivity index (χ1n) is 6.57. The Kier molecular flexibility index (Phi) is 3.50. The van der Waals surface area contributed by atoms with Crippen LogP contribution in [-0.4, -0.2) is 20.1 Å². The van der Waals surface area contributed by atoms with Gasteiger partial charge in [-0.3, -0.25) is 0 Å². The van der Waals surface area contributed by atoms with Crippen molar-refractivity contribution in [2.24, 2.45) is 0 Å². The number of para-hydroxylation sites is 1. The zero-order valence-electron chi connectivity index (χ0n) is 11.4. The summed E-state index contributed by atoms with van der Waals surface area (Å²) < 4.78 is 13.3. The third kappa shape index (κ3) is 2.68. The predicted octanol–water partition coefficient (Wildman–Crippen LogP) is 2.80. The van der Waals surface area contributed by atoms with Crippen LogP contribution in [0.3, 0.4) is 0 Å². The topological polar surface area (TPSA) is 50.9 Å². The molecule has 0 aliphatic rings. The van der Waals surface area contributed by atoms with E-state index in [2.05, 4.69) is 10.2 Å². The quantitative estimate of drug-likeness (QED) is 0.804. The Hall–Kier alpha value is -2.53. The maximum absolute atomic E-state index is 13.3. The summed E-state index contributed by atoms with van der Waals surface area (Å²) in [6, 6.07) is 13.7. The van der Waals surface area contributed by atoms with Gasteiger partial charge in [0.15, 0.2) is 0 Å². The van der Waals surface area contributed by atoms with Gasteiger partial charge in [-0.2, -0.15) is 15.0 Å². The van der Waals surface area contributed by atoms with E-state index in [-0.39, 0.29) is 5.82 Å². The van der Waals surface area contributed by atoms with Crippen LogP contribution in [0.2, 0.25) is 0 Å². The second-order valence-corrected chi connectivity index (χ2v) is 4.80. The molecule has 2 aromatic carbocycles. The molecule has 0 amide bonds. The number of aromatic nitrogens is 3. The van der Waals surface area contributed by atoms with Crippen LogP contribution in [0.4, 0.5) is 4.39 Å². The molecule has 1 unspecified atom stereocenters. The monoisotopic (exact) mass is 283 g/mol. The Morgan fingerprint density at radius 2 is 1.90 bits per heavy atom. The summed E-state index contributed by atoms with van der Waals surface area (Å²) in [5.41, 5.74) is 2.48. The van der Waals surface area contributed by atoms with Crippen LogP contribution in [0, 0.1) is 12.7 Å². The fourth-order valence-electron chi connectivity index (χ4n) is 2.15. The van der Waals surface area contributed by atoms with E-state index in [0.717, 1.165) is 11.3 Å². The molecular formula is C16H14FN3O. The van der Waals surface area contributed by atoms with Gasteiger partial charge in [0.2, 0.25) is 0 Å². The zero-order valence-corrected chi connectivity index (χ0v) is 11.4. The molecule has 1 atom stereocenters. The van der Waals surface area contributed by atoms with E-state index in [1.165, 1.54) is 23.1 Å². The molecule has 106 valence electrons. The van der Waals surface area contributed by atoms with Gasteiger partial charge in [0.1, 0.15) is 17.6 Å². The van der Waals surface area contributed by atoms with Crippen molar-refractivity contribution >= 4 is 0 Å². The third-order valence-corrected chi connectivity index (χ3v) is 3.31. The van der Waals surface area contributed by atoms with Gasteiger partial charge in [0, 0.05) is 0 Å². The lowest BCUT2D eigenvalue weighted by molar-refractivity contribution is 0.213. The van der Waals surface area contributed by atoms with E-state index < -0.39 is 6.10 Å². The molecule has 21 heavy (non-hydrogen) atoms. The molecule has 0 aliphatic heterocycles. The van der Waals surface area contributed by atoms with Gasteiger partial charge < -0.3 is 5.11 Å². The Balaban J connectivity index is 1.94. The molecule has 3 rings (SSSR count). The molecule has 4 nitrogen and oxygen atoms in total. The largest absolute Gasteiger partial charge is 0.382 e. The number of aryl methyl sites for hydroxylation is 1. The second-order valence-electron chi connectivity index (χ2n) is 4.80. The van der Waals surface area contributed by atoms with E-state index in [9.17, 15) is 9.50 Å². The predicted molar refractivity (Wildman–Crippen MR) is 76.6 cm³/mol. The van der Waals surface area contributed by atoms with E-state index in [4.69, 9.17) is 0 Å². The fraction of sp³-hybridized carbons (Fsp3) is 0.125. The Morgan fingerprint density at radius 1 is 1.14 bits per heavy atom. The standard InChI is InChI=1S/C16H14FN3O/c1-11-7-8-12(17)9-14(11)16(21)15-10-18-20(19-15)13-5-3-2-4-6-13/h2-10,16,21H,1H3. The van der Waals surface area contributed by atoms with Crippen molar-refractivity contribution in [2.45, 2.75) is 13.0 Å². The summed E-state index contributed by atoms with van der Waals surface area (Å²) in [7, 11) is 0. The molecule has 0 aliphatic carbocycles. The molecule has 0 spiro atoms. The third-order valence-electron chi connectivity index (χ3n) is 3.31. The van der Waals surface area contributed by atoms with Gasteiger partial charge in [-0.25, -0.2) is 4.39 Å². The molecule has 3 aromatic rings. The zero-order chi connectivity index (χ0) is 14.8. The summed E-state index contributed by atoms with van der Waals surface area (Å²) in [5, 5.41) is 18.8. The summed E-state index contributed by atoms with van der Waals surface area (Å²) in [6.07, 6.45) is 0.486. The van der Waals surface area contributed by atoms with Crippen LogP contribution in [-0.2, 0) is 0 Å². The lowest BCUT2D eigenvalue weighted by atomic mass is 10.0. The number of hydrogen-bond donors (Lipinski definition) is 1. The van der Waals surface area contributed by atoms with Crippen LogP contribution in [0.15, 0.2) is 54.7 Å². The first-order valence-corrected chi connectivity index (χ1v) is 6.57. The second kappa shape index (κ2) is 5.46.